The number of para-hydroxylation sites is 2. The van der Waals surface area contributed by atoms with Crippen LogP contribution in [-0.2, 0) is 6.42 Å². The van der Waals surface area contributed by atoms with Crippen molar-refractivity contribution in [2.24, 2.45) is 0 Å². The highest BCUT2D eigenvalue weighted by atomic mass is 15.0. The van der Waals surface area contributed by atoms with E-state index in [9.17, 15) is 0 Å². The molecule has 0 aromatic heterocycles. The molecular formula is C16H14N2. The molecule has 2 nitrogen and oxygen atoms in total. The average Bonchev–Trinajstić information content (AvgIpc) is 3.02. The number of benzene rings is 2. The lowest BCUT2D eigenvalue weighted by molar-refractivity contribution is 1.23. The molecule has 0 radical (unpaired) electrons. The Hall–Kier alpha value is -2.22. The lowest BCUT2D eigenvalue weighted by Crippen LogP contribution is -2.00. The Bertz CT molecular complexity index is 629. The first-order valence-electron chi connectivity index (χ1n) is 6.32. The van der Waals surface area contributed by atoms with Gasteiger partial charge >= 0.3 is 0 Å². The number of hydrogen-bond donors (Lipinski definition) is 2. The van der Waals surface area contributed by atoms with Crippen molar-refractivity contribution < 1.29 is 0 Å². The van der Waals surface area contributed by atoms with Crippen LogP contribution in [0.25, 0.3) is 5.57 Å². The summed E-state index contributed by atoms with van der Waals surface area (Å²) in [7, 11) is 0. The highest BCUT2D eigenvalue weighted by Gasteiger charge is 2.23. The number of allylic oxidation sites excluding steroid dienone is 1. The fraction of sp³-hybridized carbons (Fsp3) is 0.125. The third kappa shape index (κ3) is 1.35. The monoisotopic (exact) mass is 234 g/mol. The normalized spacial score (nSPS) is 20.0. The number of nitrogens with one attached hydrogen (secondary N) is 2. The topological polar surface area (TPSA) is 24.1 Å². The van der Waals surface area contributed by atoms with Gasteiger partial charge in [0.2, 0.25) is 0 Å². The highest BCUT2D eigenvalue weighted by molar-refractivity contribution is 5.88. The predicted molar refractivity (Wildman–Crippen MR) is 75.6 cm³/mol. The molecule has 0 spiro atoms. The molecule has 0 saturated carbocycles. The summed E-state index contributed by atoms with van der Waals surface area (Å²) in [5, 5.41) is 7.01. The smallest absolute Gasteiger partial charge is 0.0425 e. The van der Waals surface area contributed by atoms with Crippen molar-refractivity contribution in [3.05, 3.63) is 65.4 Å². The number of rotatable bonds is 0. The molecule has 2 aliphatic heterocycles. The van der Waals surface area contributed by atoms with Gasteiger partial charge in [0, 0.05) is 41.2 Å². The molecule has 0 atom stereocenters. The van der Waals surface area contributed by atoms with Crippen LogP contribution in [0.5, 0.6) is 0 Å². The predicted octanol–water partition coefficient (Wildman–Crippen LogP) is 3.49. The fourth-order valence-electron chi connectivity index (χ4n) is 2.82. The molecule has 2 N–H and O–H groups in total. The van der Waals surface area contributed by atoms with Gasteiger partial charge in [0.1, 0.15) is 0 Å². The largest absolute Gasteiger partial charge is 0.380 e. The van der Waals surface area contributed by atoms with Gasteiger partial charge in [-0.05, 0) is 17.7 Å². The summed E-state index contributed by atoms with van der Waals surface area (Å²) < 4.78 is 0. The lowest BCUT2D eigenvalue weighted by Gasteiger charge is -2.05. The van der Waals surface area contributed by atoms with E-state index in [1.807, 2.05) is 0 Å². The number of fused-ring (bicyclic) bond motifs is 2. The Morgan fingerprint density at radius 3 is 2.50 bits per heavy atom. The van der Waals surface area contributed by atoms with E-state index >= 15 is 0 Å². The summed E-state index contributed by atoms with van der Waals surface area (Å²) in [4.78, 5) is 0. The first kappa shape index (κ1) is 9.77. The van der Waals surface area contributed by atoms with Crippen molar-refractivity contribution in [2.45, 2.75) is 6.42 Å². The van der Waals surface area contributed by atoms with Gasteiger partial charge in [0.05, 0.1) is 0 Å². The SMILES string of the molecule is c1ccc2c(c1)CC(=C1CNc3ccccc31)N2. The van der Waals surface area contributed by atoms with Crippen LogP contribution >= 0.6 is 0 Å². The zero-order valence-corrected chi connectivity index (χ0v) is 10.0. The first-order valence-corrected chi connectivity index (χ1v) is 6.32. The molecule has 0 aliphatic carbocycles. The van der Waals surface area contributed by atoms with E-state index in [2.05, 4.69) is 59.2 Å². The molecule has 0 unspecified atom stereocenters. The van der Waals surface area contributed by atoms with Crippen LogP contribution < -0.4 is 10.6 Å². The molecule has 2 aromatic carbocycles. The average molecular weight is 234 g/mol. The Balaban J connectivity index is 1.80. The Kier molecular flexibility index (Phi) is 1.97. The van der Waals surface area contributed by atoms with Crippen molar-refractivity contribution >= 4 is 16.9 Å². The van der Waals surface area contributed by atoms with E-state index in [1.54, 1.807) is 0 Å². The van der Waals surface area contributed by atoms with Crippen LogP contribution in [-0.4, -0.2) is 6.54 Å². The van der Waals surface area contributed by atoms with Crippen LogP contribution in [0, 0.1) is 0 Å². The standard InChI is InChI=1S/C16H14N2/c1-3-7-14-11(5-1)9-16(18-14)13-10-17-15-8-4-2-6-12(13)15/h1-8,17-18H,9-10H2. The maximum absolute atomic E-state index is 3.56. The van der Waals surface area contributed by atoms with Crippen molar-refractivity contribution in [2.75, 3.05) is 17.2 Å². The van der Waals surface area contributed by atoms with Crippen LogP contribution in [0.15, 0.2) is 54.2 Å². The Labute approximate surface area is 106 Å². The minimum atomic E-state index is 0.926. The Morgan fingerprint density at radius 1 is 0.833 bits per heavy atom. The molecule has 0 bridgehead atoms. The maximum Gasteiger partial charge on any atom is 0.0425 e. The minimum absolute atomic E-state index is 0.926. The van der Waals surface area contributed by atoms with Gasteiger partial charge < -0.3 is 10.6 Å². The summed E-state index contributed by atoms with van der Waals surface area (Å²) in [6.45, 7) is 0.926. The Morgan fingerprint density at radius 2 is 1.61 bits per heavy atom. The molecule has 0 amide bonds. The van der Waals surface area contributed by atoms with E-state index in [0.29, 0.717) is 0 Å². The quantitative estimate of drug-likeness (QED) is 0.729. The molecule has 18 heavy (non-hydrogen) atoms. The molecule has 88 valence electrons. The maximum atomic E-state index is 3.56. The van der Waals surface area contributed by atoms with E-state index in [1.165, 1.54) is 33.8 Å². The van der Waals surface area contributed by atoms with Crippen LogP contribution in [0.1, 0.15) is 11.1 Å². The third-order valence-corrected chi connectivity index (χ3v) is 3.74. The van der Waals surface area contributed by atoms with Crippen LogP contribution in [0.4, 0.5) is 11.4 Å². The molecule has 2 heteroatoms. The summed E-state index contributed by atoms with van der Waals surface area (Å²) in [6, 6.07) is 17.1. The molecular weight excluding hydrogens is 220 g/mol. The van der Waals surface area contributed by atoms with Gasteiger partial charge in [0.15, 0.2) is 0 Å². The van der Waals surface area contributed by atoms with E-state index < -0.39 is 0 Å². The summed E-state index contributed by atoms with van der Waals surface area (Å²) in [5.74, 6) is 0. The third-order valence-electron chi connectivity index (χ3n) is 3.74. The van der Waals surface area contributed by atoms with E-state index in [-0.39, 0.29) is 0 Å². The lowest BCUT2D eigenvalue weighted by atomic mass is 10.0. The second-order valence-corrected chi connectivity index (χ2v) is 4.82. The molecule has 2 aromatic rings. The number of hydrogen-bond acceptors (Lipinski definition) is 2. The number of anilines is 2. The van der Waals surface area contributed by atoms with Crippen LogP contribution in [0.3, 0.4) is 0 Å². The molecule has 2 aliphatic rings. The van der Waals surface area contributed by atoms with Crippen molar-refractivity contribution in [3.63, 3.8) is 0 Å². The van der Waals surface area contributed by atoms with Gasteiger partial charge in [-0.3, -0.25) is 0 Å². The molecule has 0 fully saturated rings. The second-order valence-electron chi connectivity index (χ2n) is 4.82. The fourth-order valence-corrected chi connectivity index (χ4v) is 2.82. The zero-order valence-electron chi connectivity index (χ0n) is 10.0. The van der Waals surface area contributed by atoms with Crippen molar-refractivity contribution in [1.29, 1.82) is 0 Å². The first-order chi connectivity index (χ1) is 8.92. The summed E-state index contributed by atoms with van der Waals surface area (Å²) in [5.41, 5.74) is 7.98. The molecule has 0 saturated heterocycles. The molecule has 2 heterocycles. The van der Waals surface area contributed by atoms with Crippen LogP contribution in [0.2, 0.25) is 0 Å². The van der Waals surface area contributed by atoms with E-state index in [4.69, 9.17) is 0 Å². The van der Waals surface area contributed by atoms with Gasteiger partial charge in [-0.25, -0.2) is 0 Å². The van der Waals surface area contributed by atoms with Gasteiger partial charge in [0.25, 0.3) is 0 Å². The molecule has 4 rings (SSSR count). The van der Waals surface area contributed by atoms with Crippen molar-refractivity contribution in [1.82, 2.24) is 0 Å². The highest BCUT2D eigenvalue weighted by Crippen LogP contribution is 2.37. The zero-order chi connectivity index (χ0) is 11.9. The van der Waals surface area contributed by atoms with Crippen molar-refractivity contribution in [3.8, 4) is 0 Å². The summed E-state index contributed by atoms with van der Waals surface area (Å²) >= 11 is 0. The van der Waals surface area contributed by atoms with Gasteiger partial charge in [-0.15, -0.1) is 0 Å². The van der Waals surface area contributed by atoms with Gasteiger partial charge in [-0.2, -0.15) is 0 Å². The minimum Gasteiger partial charge on any atom is -0.380 e. The summed E-state index contributed by atoms with van der Waals surface area (Å²) in [6.07, 6.45) is 1.02. The van der Waals surface area contributed by atoms with E-state index in [0.717, 1.165) is 13.0 Å². The van der Waals surface area contributed by atoms with Gasteiger partial charge in [-0.1, -0.05) is 36.4 Å². The second kappa shape index (κ2) is 3.64.